The average molecular weight is 636 g/mol. The molecule has 0 saturated heterocycles. The summed E-state index contributed by atoms with van der Waals surface area (Å²) in [7, 11) is 0. The zero-order valence-electron chi connectivity index (χ0n) is 38.7. The Labute approximate surface area is 302 Å². The summed E-state index contributed by atoms with van der Waals surface area (Å²) < 4.78 is 125. The summed E-state index contributed by atoms with van der Waals surface area (Å²) in [6, 6.07) is 24.0. The van der Waals surface area contributed by atoms with Crippen LogP contribution in [0.2, 0.25) is 0 Å². The fraction of sp³-hybridized carbons (Fsp3) is 0. The lowest BCUT2D eigenvalue weighted by atomic mass is 9.82. The quantitative estimate of drug-likeness (QED) is 0.175. The van der Waals surface area contributed by atoms with Gasteiger partial charge >= 0.3 is 0 Å². The molecule has 10 aromatic rings. The van der Waals surface area contributed by atoms with Gasteiger partial charge < -0.3 is 4.42 Å². The van der Waals surface area contributed by atoms with Crippen LogP contribution in [0.1, 0.15) is 17.8 Å². The molecule has 0 aliphatic heterocycles. The van der Waals surface area contributed by atoms with E-state index in [1.807, 2.05) is 48.5 Å². The van der Waals surface area contributed by atoms with Crippen molar-refractivity contribution in [3.05, 3.63) is 182 Å². The molecule has 0 aliphatic rings. The Morgan fingerprint density at radius 3 is 1.76 bits per heavy atom. The van der Waals surface area contributed by atoms with Gasteiger partial charge in [0.25, 0.3) is 0 Å². The molecule has 0 fully saturated rings. The second kappa shape index (κ2) is 11.1. The third-order valence-electron chi connectivity index (χ3n) is 9.20. The highest BCUT2D eigenvalue weighted by Crippen LogP contribution is 2.49. The van der Waals surface area contributed by atoms with Gasteiger partial charge in [-0.25, -0.2) is 0 Å². The van der Waals surface area contributed by atoms with Gasteiger partial charge in [-0.3, -0.25) is 0 Å². The summed E-state index contributed by atoms with van der Waals surface area (Å²) in [5, 5.41) is 2.06. The first-order valence-corrected chi connectivity index (χ1v) is 15.8. The van der Waals surface area contributed by atoms with Crippen LogP contribution in [0.4, 0.5) is 0 Å². The lowest BCUT2D eigenvalue weighted by Crippen LogP contribution is -1.94. The zero-order chi connectivity index (χ0) is 43.6. The minimum Gasteiger partial charge on any atom is -0.456 e. The highest BCUT2D eigenvalue weighted by atomic mass is 16.3. The molecule has 49 heavy (non-hydrogen) atoms. The summed E-state index contributed by atoms with van der Waals surface area (Å²) >= 11 is 0. The van der Waals surface area contributed by atoms with Gasteiger partial charge in [-0.05, 0) is 95.0 Å². The van der Waals surface area contributed by atoms with Crippen LogP contribution in [0.5, 0.6) is 0 Å². The van der Waals surface area contributed by atoms with Gasteiger partial charge in [-0.2, -0.15) is 0 Å². The smallest absolute Gasteiger partial charge is 0.136 e. The first-order valence-electron chi connectivity index (χ1n) is 22.3. The predicted molar refractivity (Wildman–Crippen MR) is 208 cm³/mol. The van der Waals surface area contributed by atoms with E-state index in [0.29, 0.717) is 38.3 Å². The number of furan rings is 1. The van der Waals surface area contributed by atoms with Gasteiger partial charge in [0.05, 0.1) is 17.8 Å². The van der Waals surface area contributed by atoms with Crippen molar-refractivity contribution in [1.29, 1.82) is 0 Å². The van der Waals surface area contributed by atoms with Gasteiger partial charge in [0.2, 0.25) is 0 Å². The molecule has 0 atom stereocenters. The maximum absolute atomic E-state index is 9.60. The molecule has 0 saturated carbocycles. The molecule has 0 bridgehead atoms. The van der Waals surface area contributed by atoms with Crippen LogP contribution in [0, 0.1) is 0 Å². The van der Waals surface area contributed by atoms with Gasteiger partial charge in [0.15, 0.2) is 0 Å². The van der Waals surface area contributed by atoms with Gasteiger partial charge in [0.1, 0.15) is 11.2 Å². The molecule has 0 spiro atoms. The molecule has 0 radical (unpaired) electrons. The van der Waals surface area contributed by atoms with Crippen LogP contribution in [0.25, 0.3) is 98.8 Å². The van der Waals surface area contributed by atoms with Crippen molar-refractivity contribution in [2.75, 3.05) is 0 Å². The average Bonchev–Trinajstić information content (AvgIpc) is 3.68. The van der Waals surface area contributed by atoms with Crippen molar-refractivity contribution < 1.29 is 22.2 Å². The number of benzene rings is 9. The van der Waals surface area contributed by atoms with Crippen molar-refractivity contribution >= 4 is 54.3 Å². The topological polar surface area (TPSA) is 13.1 Å². The Hall–Kier alpha value is -6.44. The molecule has 9 aromatic carbocycles. The van der Waals surface area contributed by atoms with Crippen LogP contribution >= 0.6 is 0 Å². The van der Waals surface area contributed by atoms with Crippen molar-refractivity contribution in [3.63, 3.8) is 0 Å². The minimum absolute atomic E-state index is 0.0120. The molecule has 0 unspecified atom stereocenters. The number of hydrogen-bond donors (Lipinski definition) is 0. The van der Waals surface area contributed by atoms with Crippen LogP contribution in [0.3, 0.4) is 0 Å². The van der Waals surface area contributed by atoms with Crippen LogP contribution < -0.4 is 0 Å². The number of rotatable bonds is 4. The van der Waals surface area contributed by atoms with Crippen LogP contribution in [-0.2, 0) is 0 Å². The first kappa shape index (κ1) is 17.6. The Morgan fingerprint density at radius 1 is 0.367 bits per heavy atom. The Morgan fingerprint density at radius 2 is 1.02 bits per heavy atom. The standard InChI is InChI=1S/C48H30O/c1-3-14-31(15-4-1)34-27-28-40-44(30-34)49-43-25-13-24-41(48(40)43)46-36-20-9-11-22-38(36)47(39-23-12-10-21-37(39)46)42-29-26-32-16-7-8-19-35(32)45(42)33-17-5-2-6-18-33/h1-30H/i2D,5D,6D,9D,10D,11D,12D,17D,18D,20D,21D,22D,23D. The van der Waals surface area contributed by atoms with Crippen molar-refractivity contribution in [2.45, 2.75) is 0 Å². The molecule has 1 aromatic heterocycles. The van der Waals surface area contributed by atoms with Gasteiger partial charge in [-0.1, -0.05) is 163 Å². The number of hydrogen-bond acceptors (Lipinski definition) is 1. The maximum atomic E-state index is 9.60. The predicted octanol–water partition coefficient (Wildman–Crippen LogP) is 13.7. The third-order valence-corrected chi connectivity index (χ3v) is 9.20. The van der Waals surface area contributed by atoms with E-state index < -0.39 is 78.6 Å². The Bertz CT molecular complexity index is 3510. The molecule has 0 aliphatic carbocycles. The summed E-state index contributed by atoms with van der Waals surface area (Å²) in [6.45, 7) is 0. The maximum Gasteiger partial charge on any atom is 0.136 e. The molecule has 10 rings (SSSR count). The lowest BCUT2D eigenvalue weighted by molar-refractivity contribution is 0.669. The lowest BCUT2D eigenvalue weighted by Gasteiger charge is -2.21. The van der Waals surface area contributed by atoms with Gasteiger partial charge in [-0.15, -0.1) is 0 Å². The van der Waals surface area contributed by atoms with E-state index in [9.17, 15) is 5.48 Å². The minimum atomic E-state index is -0.605. The van der Waals surface area contributed by atoms with E-state index in [1.54, 1.807) is 54.6 Å². The molecule has 1 heterocycles. The summed E-state index contributed by atoms with van der Waals surface area (Å²) in [5.41, 5.74) is 3.43. The third kappa shape index (κ3) is 4.33. The van der Waals surface area contributed by atoms with Gasteiger partial charge in [0, 0.05) is 10.8 Å². The second-order valence-corrected chi connectivity index (χ2v) is 11.8. The van der Waals surface area contributed by atoms with Crippen LogP contribution in [-0.4, -0.2) is 0 Å². The van der Waals surface area contributed by atoms with Crippen LogP contribution in [0.15, 0.2) is 186 Å². The molecular weight excluding hydrogens is 593 g/mol. The largest absolute Gasteiger partial charge is 0.456 e. The summed E-state index contributed by atoms with van der Waals surface area (Å²) in [4.78, 5) is 0. The normalized spacial score (nSPS) is 15.4. The first-order chi connectivity index (χ1) is 29.7. The zero-order valence-corrected chi connectivity index (χ0v) is 25.7. The van der Waals surface area contributed by atoms with Crippen molar-refractivity contribution in [1.82, 2.24) is 0 Å². The van der Waals surface area contributed by atoms with E-state index >= 15 is 0 Å². The summed E-state index contributed by atoms with van der Waals surface area (Å²) in [6.07, 6.45) is 0. The highest BCUT2D eigenvalue weighted by molar-refractivity contribution is 6.27. The Balaban J connectivity index is 1.46. The fourth-order valence-electron chi connectivity index (χ4n) is 7.13. The van der Waals surface area contributed by atoms with E-state index in [4.69, 9.17) is 16.8 Å². The molecule has 228 valence electrons. The molecule has 1 nitrogen and oxygen atoms in total. The molecule has 1 heteroatoms. The monoisotopic (exact) mass is 635 g/mol. The van der Waals surface area contributed by atoms with E-state index in [2.05, 4.69) is 0 Å². The van der Waals surface area contributed by atoms with Crippen molar-refractivity contribution in [3.8, 4) is 44.5 Å². The number of fused-ring (bicyclic) bond motifs is 6. The van der Waals surface area contributed by atoms with E-state index in [-0.39, 0.29) is 49.4 Å². The van der Waals surface area contributed by atoms with Crippen molar-refractivity contribution in [2.24, 2.45) is 0 Å². The van der Waals surface area contributed by atoms with E-state index in [1.165, 1.54) is 0 Å². The van der Waals surface area contributed by atoms with E-state index in [0.717, 1.165) is 11.1 Å². The molecular formula is C48H30O. The second-order valence-electron chi connectivity index (χ2n) is 11.8. The highest BCUT2D eigenvalue weighted by Gasteiger charge is 2.22. The Kier molecular flexibility index (Phi) is 3.99. The summed E-state index contributed by atoms with van der Waals surface area (Å²) in [5.74, 6) is 0. The SMILES string of the molecule is [2H]c1c([2H])c([2H])c(-c2c(-c3c4c([2H])c([2H])c([2H])c([2H])c4c(-c4cccc5oc6cc(-c7ccccc7)ccc6c45)c4c([2H])c([2H])c([2H])c([2H])c34)ccc3ccccc23)c([2H])c1[2H]. The molecule has 0 amide bonds. The molecule has 0 N–H and O–H groups in total. The fourth-order valence-corrected chi connectivity index (χ4v) is 7.13.